The standard InChI is InChI=1S/C15H21FN4O/c1-11-6-14(18-10-17-11)19-4-2-13(3-5-19)20-9-12(8-16)7-15(20)21/h6,10,12-13H,2-5,7-9H2,1H3. The molecule has 1 atom stereocenters. The maximum Gasteiger partial charge on any atom is 0.223 e. The predicted molar refractivity (Wildman–Crippen MR) is 77.8 cm³/mol. The third kappa shape index (κ3) is 2.99. The summed E-state index contributed by atoms with van der Waals surface area (Å²) in [6.45, 7) is 3.92. The fourth-order valence-corrected chi connectivity index (χ4v) is 3.28. The monoisotopic (exact) mass is 292 g/mol. The van der Waals surface area contributed by atoms with Gasteiger partial charge in [-0.3, -0.25) is 9.18 Å². The Morgan fingerprint density at radius 1 is 1.33 bits per heavy atom. The smallest absolute Gasteiger partial charge is 0.223 e. The van der Waals surface area contributed by atoms with E-state index in [1.807, 2.05) is 17.9 Å². The second-order valence-electron chi connectivity index (χ2n) is 6.01. The third-order valence-corrected chi connectivity index (χ3v) is 4.48. The molecule has 21 heavy (non-hydrogen) atoms. The number of likely N-dealkylation sites (tertiary alicyclic amines) is 1. The second-order valence-corrected chi connectivity index (χ2v) is 6.01. The van der Waals surface area contributed by atoms with Crippen LogP contribution in [0.2, 0.25) is 0 Å². The molecule has 1 unspecified atom stereocenters. The van der Waals surface area contributed by atoms with Gasteiger partial charge in [0.25, 0.3) is 0 Å². The molecule has 1 aromatic rings. The zero-order valence-corrected chi connectivity index (χ0v) is 12.3. The molecule has 0 radical (unpaired) electrons. The van der Waals surface area contributed by atoms with Crippen LogP contribution in [0, 0.1) is 12.8 Å². The Morgan fingerprint density at radius 2 is 2.10 bits per heavy atom. The fraction of sp³-hybridized carbons (Fsp3) is 0.667. The lowest BCUT2D eigenvalue weighted by Gasteiger charge is -2.37. The summed E-state index contributed by atoms with van der Waals surface area (Å²) in [4.78, 5) is 24.5. The number of amides is 1. The van der Waals surface area contributed by atoms with Crippen molar-refractivity contribution in [2.75, 3.05) is 31.2 Å². The first-order valence-electron chi connectivity index (χ1n) is 7.56. The molecule has 2 fully saturated rings. The molecule has 5 nitrogen and oxygen atoms in total. The number of nitrogens with zero attached hydrogens (tertiary/aromatic N) is 4. The number of hydrogen-bond acceptors (Lipinski definition) is 4. The van der Waals surface area contributed by atoms with Gasteiger partial charge in [-0.05, 0) is 19.8 Å². The summed E-state index contributed by atoms with van der Waals surface area (Å²) in [5.41, 5.74) is 0.961. The molecule has 0 spiro atoms. The highest BCUT2D eigenvalue weighted by atomic mass is 19.1. The summed E-state index contributed by atoms with van der Waals surface area (Å²) >= 11 is 0. The first-order valence-corrected chi connectivity index (χ1v) is 7.56. The van der Waals surface area contributed by atoms with Crippen LogP contribution in [0.3, 0.4) is 0 Å². The van der Waals surface area contributed by atoms with E-state index in [1.165, 1.54) is 0 Å². The molecule has 0 bridgehead atoms. The van der Waals surface area contributed by atoms with E-state index in [1.54, 1.807) is 6.33 Å². The summed E-state index contributed by atoms with van der Waals surface area (Å²) < 4.78 is 12.7. The molecule has 0 N–H and O–H groups in total. The molecule has 2 aliphatic rings. The van der Waals surface area contributed by atoms with Gasteiger partial charge in [0.1, 0.15) is 12.1 Å². The van der Waals surface area contributed by atoms with Crippen LogP contribution in [-0.4, -0.2) is 53.1 Å². The van der Waals surface area contributed by atoms with E-state index in [9.17, 15) is 9.18 Å². The zero-order valence-electron chi connectivity index (χ0n) is 12.3. The van der Waals surface area contributed by atoms with Crippen molar-refractivity contribution in [3.63, 3.8) is 0 Å². The molecule has 3 heterocycles. The van der Waals surface area contributed by atoms with Crippen molar-refractivity contribution in [3.8, 4) is 0 Å². The number of rotatable bonds is 3. The number of halogens is 1. The van der Waals surface area contributed by atoms with Crippen molar-refractivity contribution >= 4 is 11.7 Å². The second kappa shape index (κ2) is 5.95. The van der Waals surface area contributed by atoms with Gasteiger partial charge in [-0.1, -0.05) is 0 Å². The van der Waals surface area contributed by atoms with Gasteiger partial charge >= 0.3 is 0 Å². The van der Waals surface area contributed by atoms with Crippen LogP contribution in [0.1, 0.15) is 25.0 Å². The molecule has 1 amide bonds. The Morgan fingerprint density at radius 3 is 2.71 bits per heavy atom. The number of carbonyl (C=O) groups is 1. The predicted octanol–water partition coefficient (Wildman–Crippen LogP) is 1.57. The van der Waals surface area contributed by atoms with Crippen LogP contribution in [0.15, 0.2) is 12.4 Å². The summed E-state index contributed by atoms with van der Waals surface area (Å²) in [6.07, 6.45) is 3.82. The number of alkyl halides is 1. The van der Waals surface area contributed by atoms with Crippen molar-refractivity contribution in [1.29, 1.82) is 0 Å². The lowest BCUT2D eigenvalue weighted by Crippen LogP contribution is -2.45. The Balaban J connectivity index is 1.59. The molecule has 114 valence electrons. The highest BCUT2D eigenvalue weighted by Gasteiger charge is 2.35. The van der Waals surface area contributed by atoms with Crippen LogP contribution in [0.25, 0.3) is 0 Å². The highest BCUT2D eigenvalue weighted by Crippen LogP contribution is 2.27. The number of aromatic nitrogens is 2. The molecule has 1 aromatic heterocycles. The first kappa shape index (κ1) is 14.2. The van der Waals surface area contributed by atoms with Gasteiger partial charge in [0, 0.05) is 49.8 Å². The average Bonchev–Trinajstić information content (AvgIpc) is 2.89. The van der Waals surface area contributed by atoms with Gasteiger partial charge in [-0.25, -0.2) is 9.97 Å². The molecule has 6 heteroatoms. The van der Waals surface area contributed by atoms with E-state index >= 15 is 0 Å². The van der Waals surface area contributed by atoms with E-state index in [-0.39, 0.29) is 24.5 Å². The Hall–Kier alpha value is -1.72. The minimum Gasteiger partial charge on any atom is -0.356 e. The number of aryl methyl sites for hydroxylation is 1. The summed E-state index contributed by atoms with van der Waals surface area (Å²) in [5.74, 6) is 0.976. The molecule has 0 aliphatic carbocycles. The fourth-order valence-electron chi connectivity index (χ4n) is 3.28. The van der Waals surface area contributed by atoms with Gasteiger partial charge < -0.3 is 9.80 Å². The molecule has 2 saturated heterocycles. The summed E-state index contributed by atoms with van der Waals surface area (Å²) in [5, 5.41) is 0. The largest absolute Gasteiger partial charge is 0.356 e. The van der Waals surface area contributed by atoms with Crippen LogP contribution >= 0.6 is 0 Å². The minimum absolute atomic E-state index is 0.0972. The van der Waals surface area contributed by atoms with Gasteiger partial charge in [0.2, 0.25) is 5.91 Å². The van der Waals surface area contributed by atoms with Crippen molar-refractivity contribution in [3.05, 3.63) is 18.1 Å². The van der Waals surface area contributed by atoms with Crippen LogP contribution < -0.4 is 4.90 Å². The lowest BCUT2D eigenvalue weighted by molar-refractivity contribution is -0.130. The maximum atomic E-state index is 12.7. The lowest BCUT2D eigenvalue weighted by atomic mass is 10.0. The van der Waals surface area contributed by atoms with Crippen LogP contribution in [-0.2, 0) is 4.79 Å². The van der Waals surface area contributed by atoms with Crippen molar-refractivity contribution in [2.24, 2.45) is 5.92 Å². The molecule has 0 saturated carbocycles. The Bertz CT molecular complexity index is 516. The van der Waals surface area contributed by atoms with E-state index in [2.05, 4.69) is 14.9 Å². The minimum atomic E-state index is -0.388. The van der Waals surface area contributed by atoms with E-state index in [0.717, 1.165) is 37.4 Å². The molecule has 2 aliphatic heterocycles. The Kier molecular flexibility index (Phi) is 4.03. The topological polar surface area (TPSA) is 49.3 Å². The molecular formula is C15H21FN4O. The number of anilines is 1. The average molecular weight is 292 g/mol. The van der Waals surface area contributed by atoms with Gasteiger partial charge in [-0.15, -0.1) is 0 Å². The molecular weight excluding hydrogens is 271 g/mol. The molecule has 3 rings (SSSR count). The van der Waals surface area contributed by atoms with Crippen molar-refractivity contribution in [2.45, 2.75) is 32.2 Å². The van der Waals surface area contributed by atoms with Gasteiger partial charge in [0.15, 0.2) is 0 Å². The van der Waals surface area contributed by atoms with Crippen LogP contribution in [0.5, 0.6) is 0 Å². The van der Waals surface area contributed by atoms with Crippen LogP contribution in [0.4, 0.5) is 10.2 Å². The zero-order chi connectivity index (χ0) is 14.8. The van der Waals surface area contributed by atoms with Gasteiger partial charge in [0.05, 0.1) is 6.67 Å². The maximum absolute atomic E-state index is 12.7. The summed E-state index contributed by atoms with van der Waals surface area (Å²) in [7, 11) is 0. The quantitative estimate of drug-likeness (QED) is 0.848. The Labute approximate surface area is 124 Å². The number of carbonyl (C=O) groups excluding carboxylic acids is 1. The number of piperidine rings is 1. The normalized spacial score (nSPS) is 23.9. The van der Waals surface area contributed by atoms with Gasteiger partial charge in [-0.2, -0.15) is 0 Å². The molecule has 0 aromatic carbocycles. The van der Waals surface area contributed by atoms with Crippen molar-refractivity contribution < 1.29 is 9.18 Å². The van der Waals surface area contributed by atoms with Crippen molar-refractivity contribution in [1.82, 2.24) is 14.9 Å². The van der Waals surface area contributed by atoms with E-state index < -0.39 is 0 Å². The SMILES string of the molecule is Cc1cc(N2CCC(N3CC(CF)CC3=O)CC2)ncn1. The summed E-state index contributed by atoms with van der Waals surface area (Å²) in [6, 6.07) is 2.24. The van der Waals surface area contributed by atoms with E-state index in [0.29, 0.717) is 13.0 Å². The van der Waals surface area contributed by atoms with E-state index in [4.69, 9.17) is 0 Å². The first-order chi connectivity index (χ1) is 10.2. The number of hydrogen-bond donors (Lipinski definition) is 0. The highest BCUT2D eigenvalue weighted by molar-refractivity contribution is 5.79. The third-order valence-electron chi connectivity index (χ3n) is 4.48.